The molecule has 2 N–H and O–H groups in total. The molecule has 7 heavy (non-hydrogen) atoms. The van der Waals surface area contributed by atoms with Gasteiger partial charge in [0, 0.05) is 13.7 Å². The van der Waals surface area contributed by atoms with E-state index in [1.165, 1.54) is 7.05 Å². The number of ether oxygens (including phenoxy) is 1. The van der Waals surface area contributed by atoms with E-state index in [1.54, 1.807) is 7.11 Å². The molecule has 0 spiro atoms. The van der Waals surface area contributed by atoms with Crippen molar-refractivity contribution < 1.29 is 4.74 Å². The van der Waals surface area contributed by atoms with Crippen molar-refractivity contribution in [2.75, 3.05) is 20.8 Å². The van der Waals surface area contributed by atoms with E-state index in [2.05, 4.69) is 12.7 Å². The summed E-state index contributed by atoms with van der Waals surface area (Å²) in [7, 11) is 3.21. The van der Waals surface area contributed by atoms with Crippen LogP contribution in [-0.2, 0) is 4.74 Å². The fraction of sp³-hybridized carbons (Fsp3) is 1.00. The van der Waals surface area contributed by atoms with Crippen LogP contribution < -0.4 is 5.73 Å². The van der Waals surface area contributed by atoms with Gasteiger partial charge in [-0.3, -0.25) is 0 Å². The van der Waals surface area contributed by atoms with Crippen molar-refractivity contribution in [3.8, 4) is 0 Å². The molecule has 0 radical (unpaired) electrons. The van der Waals surface area contributed by atoms with Crippen LogP contribution in [-0.4, -0.2) is 20.8 Å². The molecule has 0 unspecified atom stereocenters. The molecule has 0 heterocycles. The normalized spacial score (nSPS) is 6.86. The molecule has 0 amide bonds. The summed E-state index contributed by atoms with van der Waals surface area (Å²) >= 11 is 0. The first-order valence-corrected chi connectivity index (χ1v) is 2.48. The van der Waals surface area contributed by atoms with Gasteiger partial charge >= 0.3 is 0 Å². The van der Waals surface area contributed by atoms with Crippen molar-refractivity contribution in [2.24, 2.45) is 5.73 Å². The monoisotopic (exact) mass is 105 g/mol. The lowest BCUT2D eigenvalue weighted by Gasteiger charge is -1.84. The Hall–Kier alpha value is -0.0800. The van der Waals surface area contributed by atoms with Crippen LogP contribution in [0.3, 0.4) is 0 Å². The van der Waals surface area contributed by atoms with E-state index in [0.29, 0.717) is 0 Å². The summed E-state index contributed by atoms with van der Waals surface area (Å²) in [4.78, 5) is 0. The maximum Gasteiger partial charge on any atom is 0.0459 e. The third kappa shape index (κ3) is 24.7. The lowest BCUT2D eigenvalue weighted by atomic mass is 10.5. The van der Waals surface area contributed by atoms with E-state index < -0.39 is 0 Å². The molecule has 2 nitrogen and oxygen atoms in total. The summed E-state index contributed by atoms with van der Waals surface area (Å²) < 4.78 is 4.69. The summed E-state index contributed by atoms with van der Waals surface area (Å²) in [5.74, 6) is 0. The number of hydrogen-bond donors (Lipinski definition) is 1. The lowest BCUT2D eigenvalue weighted by molar-refractivity contribution is 0.199. The molecule has 0 atom stereocenters. The smallest absolute Gasteiger partial charge is 0.0459 e. The van der Waals surface area contributed by atoms with Crippen molar-refractivity contribution in [3.05, 3.63) is 0 Å². The quantitative estimate of drug-likeness (QED) is 0.558. The summed E-state index contributed by atoms with van der Waals surface area (Å²) in [6, 6.07) is 0. The molecule has 0 saturated carbocycles. The highest BCUT2D eigenvalue weighted by molar-refractivity contribution is 4.15. The second kappa shape index (κ2) is 16.8. The molecule has 0 saturated heterocycles. The van der Waals surface area contributed by atoms with Gasteiger partial charge in [-0.15, -0.1) is 0 Å². The van der Waals surface area contributed by atoms with Crippen molar-refractivity contribution in [3.63, 3.8) is 0 Å². The summed E-state index contributed by atoms with van der Waals surface area (Å²) in [6.07, 6.45) is 1.12. The van der Waals surface area contributed by atoms with Crippen LogP contribution in [0.4, 0.5) is 0 Å². The highest BCUT2D eigenvalue weighted by Gasteiger charge is 1.66. The fourth-order valence-electron chi connectivity index (χ4n) is 0.204. The zero-order valence-corrected chi connectivity index (χ0v) is 5.40. The minimum atomic E-state index is 0.889. The van der Waals surface area contributed by atoms with E-state index in [1.807, 2.05) is 0 Å². The van der Waals surface area contributed by atoms with Crippen LogP contribution in [0.2, 0.25) is 0 Å². The zero-order valence-electron chi connectivity index (χ0n) is 5.40. The van der Waals surface area contributed by atoms with Gasteiger partial charge in [0.2, 0.25) is 0 Å². The van der Waals surface area contributed by atoms with Gasteiger partial charge in [-0.25, -0.2) is 0 Å². The predicted octanol–water partition coefficient (Wildman–Crippen LogP) is 0.618. The molecule has 0 aromatic rings. The molecule has 2 heteroatoms. The molecule has 0 rings (SSSR count). The Morgan fingerprint density at radius 1 is 1.43 bits per heavy atom. The molecule has 0 aliphatic heterocycles. The minimum Gasteiger partial charge on any atom is -0.385 e. The van der Waals surface area contributed by atoms with Crippen LogP contribution >= 0.6 is 0 Å². The fourth-order valence-corrected chi connectivity index (χ4v) is 0.204. The van der Waals surface area contributed by atoms with Gasteiger partial charge in [0.1, 0.15) is 0 Å². The SMILES string of the molecule is CCCOC.CN. The van der Waals surface area contributed by atoms with Crippen LogP contribution in [0.25, 0.3) is 0 Å². The Balaban J connectivity index is 0. The van der Waals surface area contributed by atoms with Gasteiger partial charge in [-0.05, 0) is 13.5 Å². The summed E-state index contributed by atoms with van der Waals surface area (Å²) in [5, 5.41) is 0. The molecule has 0 bridgehead atoms. The predicted molar refractivity (Wildman–Crippen MR) is 32.3 cm³/mol. The maximum absolute atomic E-state index is 4.69. The van der Waals surface area contributed by atoms with Gasteiger partial charge in [0.25, 0.3) is 0 Å². The molecule has 0 fully saturated rings. The van der Waals surface area contributed by atoms with Gasteiger partial charge in [-0.2, -0.15) is 0 Å². The first-order valence-electron chi connectivity index (χ1n) is 2.48. The van der Waals surface area contributed by atoms with Crippen molar-refractivity contribution in [1.82, 2.24) is 0 Å². The number of rotatable bonds is 2. The molecule has 0 aromatic heterocycles. The minimum absolute atomic E-state index is 0.889. The van der Waals surface area contributed by atoms with Crippen LogP contribution in [0, 0.1) is 0 Å². The Bertz CT molecular complexity index is 15.6. The van der Waals surface area contributed by atoms with E-state index in [-0.39, 0.29) is 0 Å². The third-order valence-corrected chi connectivity index (χ3v) is 0.408. The largest absolute Gasteiger partial charge is 0.385 e. The third-order valence-electron chi connectivity index (χ3n) is 0.408. The topological polar surface area (TPSA) is 35.2 Å². The Labute approximate surface area is 45.7 Å². The van der Waals surface area contributed by atoms with E-state index in [9.17, 15) is 0 Å². The second-order valence-corrected chi connectivity index (χ2v) is 0.993. The maximum atomic E-state index is 4.69. The lowest BCUT2D eigenvalue weighted by Crippen LogP contribution is -1.80. The summed E-state index contributed by atoms with van der Waals surface area (Å²) in [5.41, 5.74) is 4.50. The van der Waals surface area contributed by atoms with Gasteiger partial charge in [0.05, 0.1) is 0 Å². The Morgan fingerprint density at radius 2 is 1.86 bits per heavy atom. The first-order chi connectivity index (χ1) is 3.41. The highest BCUT2D eigenvalue weighted by atomic mass is 16.5. The van der Waals surface area contributed by atoms with Gasteiger partial charge in [-0.1, -0.05) is 6.92 Å². The zero-order chi connectivity index (χ0) is 6.12. The van der Waals surface area contributed by atoms with E-state index >= 15 is 0 Å². The van der Waals surface area contributed by atoms with Crippen molar-refractivity contribution in [1.29, 1.82) is 0 Å². The molecular formula is C5H15NO. The molecule has 0 aliphatic rings. The van der Waals surface area contributed by atoms with E-state index in [0.717, 1.165) is 13.0 Å². The average Bonchev–Trinajstić information content (AvgIpc) is 1.75. The molecular weight excluding hydrogens is 90.1 g/mol. The molecule has 46 valence electrons. The second-order valence-electron chi connectivity index (χ2n) is 0.993. The van der Waals surface area contributed by atoms with Crippen LogP contribution in [0.15, 0.2) is 0 Å². The first kappa shape index (κ1) is 10.0. The van der Waals surface area contributed by atoms with Crippen LogP contribution in [0.5, 0.6) is 0 Å². The van der Waals surface area contributed by atoms with Gasteiger partial charge < -0.3 is 10.5 Å². The average molecular weight is 105 g/mol. The standard InChI is InChI=1S/C4H10O.CH5N/c1-3-4-5-2;1-2/h3-4H2,1-2H3;2H2,1H3. The highest BCUT2D eigenvalue weighted by Crippen LogP contribution is 1.70. The molecule has 0 aliphatic carbocycles. The van der Waals surface area contributed by atoms with Crippen LogP contribution in [0.1, 0.15) is 13.3 Å². The summed E-state index contributed by atoms with van der Waals surface area (Å²) in [6.45, 7) is 2.98. The van der Waals surface area contributed by atoms with Crippen molar-refractivity contribution >= 4 is 0 Å². The van der Waals surface area contributed by atoms with Gasteiger partial charge in [0.15, 0.2) is 0 Å². The number of methoxy groups -OCH3 is 1. The van der Waals surface area contributed by atoms with Crippen molar-refractivity contribution in [2.45, 2.75) is 13.3 Å². The van der Waals surface area contributed by atoms with E-state index in [4.69, 9.17) is 4.74 Å². The molecule has 0 aromatic carbocycles. The number of nitrogens with two attached hydrogens (primary N) is 1. The Morgan fingerprint density at radius 3 is 1.86 bits per heavy atom. The number of hydrogen-bond acceptors (Lipinski definition) is 2. The Kier molecular flexibility index (Phi) is 24.1.